The molecule has 1 rings (SSSR count). The van der Waals surface area contributed by atoms with Gasteiger partial charge in [0.1, 0.15) is 0 Å². The Hall–Kier alpha value is -0.160. The summed E-state index contributed by atoms with van der Waals surface area (Å²) >= 11 is 0. The van der Waals surface area contributed by atoms with Crippen molar-refractivity contribution in [2.75, 3.05) is 26.3 Å². The predicted octanol–water partition coefficient (Wildman–Crippen LogP) is 2.01. The number of hydrogen-bond acceptors (Lipinski definition) is 4. The average molecular weight is 258 g/mol. The Morgan fingerprint density at radius 1 is 1.06 bits per heavy atom. The van der Waals surface area contributed by atoms with Crippen molar-refractivity contribution in [2.45, 2.75) is 57.7 Å². The average Bonchev–Trinajstić information content (AvgIpc) is 2.43. The fourth-order valence-corrected chi connectivity index (χ4v) is 2.28. The first kappa shape index (κ1) is 15.9. The van der Waals surface area contributed by atoms with Gasteiger partial charge in [0.25, 0.3) is 0 Å². The maximum atomic E-state index is 5.69. The molecular weight excluding hydrogens is 228 g/mol. The Morgan fingerprint density at radius 3 is 2.50 bits per heavy atom. The van der Waals surface area contributed by atoms with Crippen molar-refractivity contribution in [1.82, 2.24) is 0 Å². The van der Waals surface area contributed by atoms with Gasteiger partial charge in [-0.3, -0.25) is 0 Å². The van der Waals surface area contributed by atoms with E-state index in [-0.39, 0.29) is 6.29 Å². The van der Waals surface area contributed by atoms with E-state index < -0.39 is 0 Å². The lowest BCUT2D eigenvalue weighted by atomic mass is 10.0. The molecule has 0 bridgehead atoms. The minimum atomic E-state index is 0.0672. The zero-order valence-electron chi connectivity index (χ0n) is 11.6. The number of rotatable bonds is 10. The molecule has 0 aliphatic carbocycles. The number of hydrogen-bond donors (Lipinski definition) is 2. The van der Waals surface area contributed by atoms with E-state index in [0.717, 1.165) is 39.1 Å². The minimum absolute atomic E-state index is 0.0672. The SMILES string of the molecule is NCC(CN)CCCCCCOC1CCCCO1. The van der Waals surface area contributed by atoms with Crippen molar-refractivity contribution < 1.29 is 9.47 Å². The number of unbranched alkanes of at least 4 members (excludes halogenated alkanes) is 3. The summed E-state index contributed by atoms with van der Waals surface area (Å²) in [4.78, 5) is 0. The highest BCUT2D eigenvalue weighted by atomic mass is 16.7. The zero-order valence-corrected chi connectivity index (χ0v) is 11.6. The molecule has 1 saturated heterocycles. The van der Waals surface area contributed by atoms with Crippen LogP contribution in [-0.4, -0.2) is 32.6 Å². The van der Waals surface area contributed by atoms with E-state index in [2.05, 4.69) is 0 Å². The molecule has 1 aliphatic rings. The summed E-state index contributed by atoms with van der Waals surface area (Å²) in [6, 6.07) is 0. The van der Waals surface area contributed by atoms with Gasteiger partial charge in [-0.1, -0.05) is 19.3 Å². The monoisotopic (exact) mass is 258 g/mol. The molecule has 1 aliphatic heterocycles. The molecule has 4 N–H and O–H groups in total. The van der Waals surface area contributed by atoms with E-state index in [4.69, 9.17) is 20.9 Å². The van der Waals surface area contributed by atoms with Crippen molar-refractivity contribution in [3.8, 4) is 0 Å². The van der Waals surface area contributed by atoms with Gasteiger partial charge in [-0.15, -0.1) is 0 Å². The molecule has 0 spiro atoms. The van der Waals surface area contributed by atoms with Crippen LogP contribution in [0, 0.1) is 5.92 Å². The van der Waals surface area contributed by atoms with Crippen LogP contribution >= 0.6 is 0 Å². The molecule has 4 nitrogen and oxygen atoms in total. The molecule has 1 heterocycles. The van der Waals surface area contributed by atoms with Gasteiger partial charge in [0.2, 0.25) is 0 Å². The van der Waals surface area contributed by atoms with Gasteiger partial charge < -0.3 is 20.9 Å². The van der Waals surface area contributed by atoms with Gasteiger partial charge in [-0.05, 0) is 51.1 Å². The summed E-state index contributed by atoms with van der Waals surface area (Å²) in [6.45, 7) is 3.14. The zero-order chi connectivity index (χ0) is 13.1. The second-order valence-electron chi connectivity index (χ2n) is 5.21. The summed E-state index contributed by atoms with van der Waals surface area (Å²) in [5.41, 5.74) is 11.2. The lowest BCUT2D eigenvalue weighted by molar-refractivity contribution is -0.162. The molecular formula is C14H30N2O2. The molecule has 108 valence electrons. The summed E-state index contributed by atoms with van der Waals surface area (Å²) < 4.78 is 11.2. The maximum Gasteiger partial charge on any atom is 0.157 e. The standard InChI is InChI=1S/C14H30N2O2/c15-11-13(12-16)7-3-1-2-5-9-17-14-8-4-6-10-18-14/h13-14H,1-12,15-16H2. The maximum absolute atomic E-state index is 5.69. The normalized spacial score (nSPS) is 20.5. The van der Waals surface area contributed by atoms with Crippen LogP contribution < -0.4 is 11.5 Å². The molecule has 0 amide bonds. The second-order valence-corrected chi connectivity index (χ2v) is 5.21. The van der Waals surface area contributed by atoms with Crippen LogP contribution in [-0.2, 0) is 9.47 Å². The van der Waals surface area contributed by atoms with Gasteiger partial charge in [0, 0.05) is 13.2 Å². The van der Waals surface area contributed by atoms with E-state index in [1.165, 1.54) is 38.5 Å². The van der Waals surface area contributed by atoms with E-state index in [1.807, 2.05) is 0 Å². The largest absolute Gasteiger partial charge is 0.353 e. The highest BCUT2D eigenvalue weighted by Gasteiger charge is 2.13. The molecule has 1 unspecified atom stereocenters. The third-order valence-electron chi connectivity index (χ3n) is 3.62. The summed E-state index contributed by atoms with van der Waals surface area (Å²) in [5.74, 6) is 0.511. The predicted molar refractivity (Wildman–Crippen MR) is 74.2 cm³/mol. The first-order chi connectivity index (χ1) is 8.86. The van der Waals surface area contributed by atoms with Crippen LogP contribution in [0.25, 0.3) is 0 Å². The highest BCUT2D eigenvalue weighted by Crippen LogP contribution is 2.14. The molecule has 1 fully saturated rings. The van der Waals surface area contributed by atoms with Crippen LogP contribution in [0.5, 0.6) is 0 Å². The number of ether oxygens (including phenoxy) is 2. The minimum Gasteiger partial charge on any atom is -0.353 e. The van der Waals surface area contributed by atoms with Crippen LogP contribution in [0.2, 0.25) is 0 Å². The van der Waals surface area contributed by atoms with Gasteiger partial charge >= 0.3 is 0 Å². The smallest absolute Gasteiger partial charge is 0.157 e. The number of nitrogens with two attached hydrogens (primary N) is 2. The van der Waals surface area contributed by atoms with E-state index in [0.29, 0.717) is 5.92 Å². The first-order valence-electron chi connectivity index (χ1n) is 7.50. The van der Waals surface area contributed by atoms with Gasteiger partial charge in [-0.25, -0.2) is 0 Å². The van der Waals surface area contributed by atoms with Crippen LogP contribution in [0.3, 0.4) is 0 Å². The lowest BCUT2D eigenvalue weighted by Gasteiger charge is -2.22. The fourth-order valence-electron chi connectivity index (χ4n) is 2.28. The third kappa shape index (κ3) is 7.31. The Morgan fingerprint density at radius 2 is 1.83 bits per heavy atom. The molecule has 0 aromatic rings. The van der Waals surface area contributed by atoms with E-state index in [1.54, 1.807) is 0 Å². The topological polar surface area (TPSA) is 70.5 Å². The van der Waals surface area contributed by atoms with Crippen molar-refractivity contribution in [3.05, 3.63) is 0 Å². The van der Waals surface area contributed by atoms with Gasteiger partial charge in [0.15, 0.2) is 6.29 Å². The summed E-state index contributed by atoms with van der Waals surface area (Å²) in [7, 11) is 0. The van der Waals surface area contributed by atoms with Gasteiger partial charge in [-0.2, -0.15) is 0 Å². The molecule has 0 saturated carbocycles. The molecule has 1 atom stereocenters. The molecule has 0 aromatic heterocycles. The summed E-state index contributed by atoms with van der Waals surface area (Å²) in [5, 5.41) is 0. The quantitative estimate of drug-likeness (QED) is 0.588. The van der Waals surface area contributed by atoms with Crippen molar-refractivity contribution in [2.24, 2.45) is 17.4 Å². The molecule has 0 aromatic carbocycles. The Bertz CT molecular complexity index is 181. The Labute approximate surface area is 111 Å². The summed E-state index contributed by atoms with van der Waals surface area (Å²) in [6.07, 6.45) is 9.58. The molecule has 0 radical (unpaired) electrons. The first-order valence-corrected chi connectivity index (χ1v) is 7.50. The van der Waals surface area contributed by atoms with Crippen LogP contribution in [0.4, 0.5) is 0 Å². The van der Waals surface area contributed by atoms with Crippen molar-refractivity contribution in [3.63, 3.8) is 0 Å². The van der Waals surface area contributed by atoms with E-state index in [9.17, 15) is 0 Å². The van der Waals surface area contributed by atoms with Crippen LogP contribution in [0.15, 0.2) is 0 Å². The van der Waals surface area contributed by atoms with Gasteiger partial charge in [0.05, 0.1) is 0 Å². The molecule has 4 heteroatoms. The van der Waals surface area contributed by atoms with Crippen molar-refractivity contribution in [1.29, 1.82) is 0 Å². The Kier molecular flexibility index (Phi) is 9.48. The van der Waals surface area contributed by atoms with E-state index >= 15 is 0 Å². The Balaban J connectivity index is 1.83. The fraction of sp³-hybridized carbons (Fsp3) is 1.00. The third-order valence-corrected chi connectivity index (χ3v) is 3.62. The second kappa shape index (κ2) is 10.7. The highest BCUT2D eigenvalue weighted by molar-refractivity contribution is 4.60. The van der Waals surface area contributed by atoms with Crippen LogP contribution in [0.1, 0.15) is 51.4 Å². The van der Waals surface area contributed by atoms with Crippen molar-refractivity contribution >= 4 is 0 Å². The molecule has 18 heavy (non-hydrogen) atoms. The lowest BCUT2D eigenvalue weighted by Crippen LogP contribution is -2.23.